The molecule has 0 saturated heterocycles. The highest BCUT2D eigenvalue weighted by atomic mass is 19.1. The van der Waals surface area contributed by atoms with Crippen LogP contribution in [-0.4, -0.2) is 27.7 Å². The summed E-state index contributed by atoms with van der Waals surface area (Å²) in [5.74, 6) is 0.814. The van der Waals surface area contributed by atoms with E-state index in [0.717, 1.165) is 19.0 Å². The molecule has 2 aliphatic rings. The fraction of sp³-hybridized carbons (Fsp3) is 0.400. The van der Waals surface area contributed by atoms with E-state index in [4.69, 9.17) is 5.73 Å². The lowest BCUT2D eigenvalue weighted by atomic mass is 9.82. The zero-order valence-electron chi connectivity index (χ0n) is 18.5. The molecule has 1 saturated carbocycles. The number of pyridine rings is 1. The first-order chi connectivity index (χ1) is 15.6. The molecule has 0 spiro atoms. The van der Waals surface area contributed by atoms with E-state index in [1.807, 2.05) is 24.4 Å². The van der Waals surface area contributed by atoms with E-state index in [0.29, 0.717) is 23.3 Å². The normalized spacial score (nSPS) is 19.4. The first kappa shape index (κ1) is 22.0. The first-order valence-corrected chi connectivity index (χ1v) is 11.5. The average molecular weight is 435 g/mol. The van der Waals surface area contributed by atoms with Gasteiger partial charge in [-0.05, 0) is 55.4 Å². The third-order valence-electron chi connectivity index (χ3n) is 6.03. The zero-order chi connectivity index (χ0) is 22.3. The van der Waals surface area contributed by atoms with Crippen molar-refractivity contribution in [3.8, 4) is 0 Å². The van der Waals surface area contributed by atoms with Gasteiger partial charge in [0.2, 0.25) is 0 Å². The summed E-state index contributed by atoms with van der Waals surface area (Å²) in [4.78, 5) is 16.2. The number of aliphatic imine (C=N–C) groups is 2. The van der Waals surface area contributed by atoms with Crippen molar-refractivity contribution in [2.24, 2.45) is 21.6 Å². The van der Waals surface area contributed by atoms with Gasteiger partial charge in [0.05, 0.1) is 11.9 Å². The number of dihydropyridines is 1. The Morgan fingerprint density at radius 1 is 1.31 bits per heavy atom. The summed E-state index contributed by atoms with van der Waals surface area (Å²) in [5, 5.41) is 3.50. The number of aromatic amines is 1. The van der Waals surface area contributed by atoms with Crippen molar-refractivity contribution < 1.29 is 4.39 Å². The number of nitrogens with two attached hydrogens (primary N) is 1. The highest BCUT2D eigenvalue weighted by Gasteiger charge is 2.25. The Morgan fingerprint density at radius 2 is 2.19 bits per heavy atom. The van der Waals surface area contributed by atoms with Crippen LogP contribution in [0.1, 0.15) is 56.7 Å². The highest BCUT2D eigenvalue weighted by Crippen LogP contribution is 2.32. The number of amidine groups is 2. The maximum Gasteiger partial charge on any atom is 0.178 e. The number of hydrogen-bond acceptors (Lipinski definition) is 3. The first-order valence-electron chi connectivity index (χ1n) is 11.5. The molecule has 1 unspecified atom stereocenters. The lowest BCUT2D eigenvalue weighted by Gasteiger charge is -2.32. The smallest absolute Gasteiger partial charge is 0.178 e. The number of nitrogens with zero attached hydrogens (tertiary/aromatic N) is 3. The topological polar surface area (TPSA) is 91.5 Å². The Balaban J connectivity index is 1.60. The number of unbranched alkanes of at least 4 members (excludes halogenated alkanes) is 2. The Kier molecular flexibility index (Phi) is 7.14. The number of H-pyrrole nitrogens is 1. The molecule has 7 heteroatoms. The number of nitrogens with one attached hydrogen (secondary N) is 2. The molecule has 2 aromatic heterocycles. The van der Waals surface area contributed by atoms with Crippen molar-refractivity contribution in [1.82, 2.24) is 15.3 Å². The molecule has 4 rings (SSSR count). The van der Waals surface area contributed by atoms with Crippen LogP contribution in [0.15, 0.2) is 64.6 Å². The summed E-state index contributed by atoms with van der Waals surface area (Å²) < 4.78 is 14.3. The molecule has 1 aliphatic carbocycles. The van der Waals surface area contributed by atoms with Crippen molar-refractivity contribution in [3.05, 3.63) is 71.7 Å². The third kappa shape index (κ3) is 5.33. The van der Waals surface area contributed by atoms with Gasteiger partial charge in [-0.2, -0.15) is 0 Å². The second-order valence-electron chi connectivity index (χ2n) is 8.43. The molecule has 2 aromatic rings. The minimum absolute atomic E-state index is 0.177. The Bertz CT molecular complexity index is 1040. The van der Waals surface area contributed by atoms with E-state index in [1.165, 1.54) is 55.6 Å². The predicted molar refractivity (Wildman–Crippen MR) is 128 cm³/mol. The van der Waals surface area contributed by atoms with Crippen molar-refractivity contribution in [2.75, 3.05) is 0 Å². The average Bonchev–Trinajstić information content (AvgIpc) is 3.23. The van der Waals surface area contributed by atoms with Gasteiger partial charge in [-0.25, -0.2) is 14.4 Å². The number of aromatic nitrogens is 2. The van der Waals surface area contributed by atoms with E-state index in [1.54, 1.807) is 0 Å². The standard InChI is InChI=1S/C25H31FN6/c1-2-3-4-7-17-14-23(29-15-17)25(31-21-12-13-28-16-19(21)26)32-24(27)22-11-6-10-20(30-22)18-8-5-9-18/h6,10-16,18,22,29-30H,2-5,7-9H2,1H3,(H2,27,28,31,32). The van der Waals surface area contributed by atoms with Gasteiger partial charge >= 0.3 is 0 Å². The fourth-order valence-corrected chi connectivity index (χ4v) is 3.89. The number of hydrogen-bond donors (Lipinski definition) is 3. The molecule has 168 valence electrons. The maximum atomic E-state index is 14.3. The maximum absolute atomic E-state index is 14.3. The van der Waals surface area contributed by atoms with Gasteiger partial charge in [0.15, 0.2) is 11.7 Å². The van der Waals surface area contributed by atoms with E-state index in [-0.39, 0.29) is 11.7 Å². The van der Waals surface area contributed by atoms with Crippen LogP contribution < -0.4 is 11.1 Å². The minimum atomic E-state index is -0.501. The Morgan fingerprint density at radius 3 is 2.94 bits per heavy atom. The van der Waals surface area contributed by atoms with Crippen LogP contribution in [0, 0.1) is 11.7 Å². The van der Waals surface area contributed by atoms with Crippen LogP contribution in [0.5, 0.6) is 0 Å². The molecule has 0 aromatic carbocycles. The molecule has 1 atom stereocenters. The van der Waals surface area contributed by atoms with Gasteiger partial charge in [0.1, 0.15) is 17.6 Å². The van der Waals surface area contributed by atoms with Gasteiger partial charge in [-0.3, -0.25) is 4.98 Å². The highest BCUT2D eigenvalue weighted by molar-refractivity contribution is 6.07. The SMILES string of the molecule is CCCCCc1c[nH]c(C(=Nc2ccncc2F)N=C(N)C2C=CC=C(C3CCC3)N2)c1. The lowest BCUT2D eigenvalue weighted by molar-refractivity contribution is 0.348. The quantitative estimate of drug-likeness (QED) is 0.313. The molecular weight excluding hydrogens is 403 g/mol. The number of rotatable bonds is 8. The fourth-order valence-electron chi connectivity index (χ4n) is 3.89. The number of aryl methyl sites for hydroxylation is 1. The monoisotopic (exact) mass is 434 g/mol. The van der Waals surface area contributed by atoms with E-state index in [2.05, 4.69) is 38.3 Å². The van der Waals surface area contributed by atoms with Gasteiger partial charge < -0.3 is 16.0 Å². The summed E-state index contributed by atoms with van der Waals surface area (Å²) in [6.45, 7) is 2.19. The van der Waals surface area contributed by atoms with Gasteiger partial charge in [0.25, 0.3) is 0 Å². The van der Waals surface area contributed by atoms with Crippen molar-refractivity contribution in [1.29, 1.82) is 0 Å². The van der Waals surface area contributed by atoms with Gasteiger partial charge in [-0.15, -0.1) is 0 Å². The molecule has 1 fully saturated rings. The van der Waals surface area contributed by atoms with Crippen LogP contribution in [0.2, 0.25) is 0 Å². The molecule has 1 aliphatic heterocycles. The summed E-state index contributed by atoms with van der Waals surface area (Å²) >= 11 is 0. The Labute approximate surface area is 188 Å². The Hall–Kier alpha value is -3.22. The van der Waals surface area contributed by atoms with Crippen LogP contribution in [-0.2, 0) is 6.42 Å². The van der Waals surface area contributed by atoms with Crippen LogP contribution in [0.25, 0.3) is 0 Å². The summed E-state index contributed by atoms with van der Waals surface area (Å²) in [5.41, 5.74) is 9.69. The van der Waals surface area contributed by atoms with Crippen LogP contribution in [0.4, 0.5) is 10.1 Å². The van der Waals surface area contributed by atoms with Crippen LogP contribution >= 0.6 is 0 Å². The van der Waals surface area contributed by atoms with E-state index < -0.39 is 5.82 Å². The van der Waals surface area contributed by atoms with E-state index in [9.17, 15) is 4.39 Å². The molecule has 0 radical (unpaired) electrons. The predicted octanol–water partition coefficient (Wildman–Crippen LogP) is 4.93. The lowest BCUT2D eigenvalue weighted by Crippen LogP contribution is -2.43. The molecular formula is C25H31FN6. The van der Waals surface area contributed by atoms with Crippen molar-refractivity contribution >= 4 is 17.4 Å². The van der Waals surface area contributed by atoms with Crippen LogP contribution in [0.3, 0.4) is 0 Å². The van der Waals surface area contributed by atoms with Crippen molar-refractivity contribution in [2.45, 2.75) is 57.9 Å². The van der Waals surface area contributed by atoms with E-state index >= 15 is 0 Å². The minimum Gasteiger partial charge on any atom is -0.385 e. The number of halogens is 1. The molecule has 0 amide bonds. The van der Waals surface area contributed by atoms with Gasteiger partial charge in [0, 0.05) is 18.1 Å². The second kappa shape index (κ2) is 10.4. The summed E-state index contributed by atoms with van der Waals surface area (Å²) in [6, 6.07) is 3.33. The summed E-state index contributed by atoms with van der Waals surface area (Å²) in [6.07, 6.45) is 18.9. The second-order valence-corrected chi connectivity index (χ2v) is 8.43. The third-order valence-corrected chi connectivity index (χ3v) is 6.03. The molecule has 32 heavy (non-hydrogen) atoms. The molecule has 6 nitrogen and oxygen atoms in total. The zero-order valence-corrected chi connectivity index (χ0v) is 18.5. The summed E-state index contributed by atoms with van der Waals surface area (Å²) in [7, 11) is 0. The van der Waals surface area contributed by atoms with Gasteiger partial charge in [-0.1, -0.05) is 38.3 Å². The molecule has 0 bridgehead atoms. The molecule has 4 N–H and O–H groups in total. The molecule has 3 heterocycles. The van der Waals surface area contributed by atoms with Crippen molar-refractivity contribution in [3.63, 3.8) is 0 Å². The number of allylic oxidation sites excluding steroid dienone is 3. The largest absolute Gasteiger partial charge is 0.385 e.